The van der Waals surface area contributed by atoms with Gasteiger partial charge < -0.3 is 0 Å². The quantitative estimate of drug-likeness (QED) is 0.626. The molecule has 0 saturated carbocycles. The molecule has 0 spiro atoms. The number of carbonyl (C=O) groups is 1. The number of halogens is 2. The normalized spacial score (nSPS) is 10.3. The largest absolute Gasteiger partial charge is 0.296 e. The number of benzene rings is 1. The first-order valence-electron chi connectivity index (χ1n) is 4.03. The summed E-state index contributed by atoms with van der Waals surface area (Å²) >= 11 is 8.20. The third-order valence-electron chi connectivity index (χ3n) is 1.79. The number of aldehydes is 1. The summed E-state index contributed by atoms with van der Waals surface area (Å²) in [6.45, 7) is 0. The van der Waals surface area contributed by atoms with Crippen LogP contribution >= 0.6 is 34.2 Å². The van der Waals surface area contributed by atoms with Crippen molar-refractivity contribution in [3.05, 3.63) is 38.7 Å². The highest BCUT2D eigenvalue weighted by Crippen LogP contribution is 2.21. The lowest BCUT2D eigenvalue weighted by Gasteiger charge is -2.02. The van der Waals surface area contributed by atoms with Crippen LogP contribution in [-0.4, -0.2) is 21.3 Å². The fourth-order valence-corrected chi connectivity index (χ4v) is 2.06. The van der Waals surface area contributed by atoms with Crippen molar-refractivity contribution in [2.75, 3.05) is 0 Å². The Labute approximate surface area is 104 Å². The van der Waals surface area contributed by atoms with Gasteiger partial charge in [0.15, 0.2) is 6.29 Å². The van der Waals surface area contributed by atoms with Crippen LogP contribution < -0.4 is 0 Å². The van der Waals surface area contributed by atoms with Crippen LogP contribution in [0.25, 0.3) is 5.69 Å². The molecule has 2 rings (SSSR count). The van der Waals surface area contributed by atoms with Gasteiger partial charge in [0.25, 0.3) is 0 Å². The molecule has 0 saturated heterocycles. The standard InChI is InChI=1S/C9H5ClIN3O/c10-8-3-6(11)1-2-9(8)14-4-7(5-15)12-13-14/h1-5H. The van der Waals surface area contributed by atoms with Crippen molar-refractivity contribution in [3.63, 3.8) is 0 Å². The van der Waals surface area contributed by atoms with Crippen LogP contribution in [0.3, 0.4) is 0 Å². The molecule has 4 nitrogen and oxygen atoms in total. The topological polar surface area (TPSA) is 47.8 Å². The summed E-state index contributed by atoms with van der Waals surface area (Å²) in [4.78, 5) is 10.4. The minimum atomic E-state index is 0.282. The molecule has 76 valence electrons. The molecular formula is C9H5ClIN3O. The second kappa shape index (κ2) is 4.28. The molecule has 0 unspecified atom stereocenters. The minimum Gasteiger partial charge on any atom is -0.296 e. The summed E-state index contributed by atoms with van der Waals surface area (Å²) in [5.41, 5.74) is 0.988. The van der Waals surface area contributed by atoms with Crippen molar-refractivity contribution in [1.82, 2.24) is 15.0 Å². The maximum Gasteiger partial charge on any atom is 0.171 e. The van der Waals surface area contributed by atoms with Gasteiger partial charge in [0, 0.05) is 3.57 Å². The number of hydrogen-bond acceptors (Lipinski definition) is 3. The van der Waals surface area contributed by atoms with Gasteiger partial charge >= 0.3 is 0 Å². The Morgan fingerprint density at radius 1 is 1.47 bits per heavy atom. The van der Waals surface area contributed by atoms with Gasteiger partial charge in [0.1, 0.15) is 5.69 Å². The first kappa shape index (κ1) is 10.6. The molecular weight excluding hydrogens is 328 g/mol. The third kappa shape index (κ3) is 2.18. The van der Waals surface area contributed by atoms with Gasteiger partial charge in [-0.15, -0.1) is 5.10 Å². The number of hydrogen-bond donors (Lipinski definition) is 0. The van der Waals surface area contributed by atoms with Gasteiger partial charge in [-0.25, -0.2) is 4.68 Å². The molecule has 0 atom stereocenters. The summed E-state index contributed by atoms with van der Waals surface area (Å²) in [6, 6.07) is 5.55. The Morgan fingerprint density at radius 3 is 2.87 bits per heavy atom. The third-order valence-corrected chi connectivity index (χ3v) is 2.76. The lowest BCUT2D eigenvalue weighted by atomic mass is 10.3. The zero-order valence-corrected chi connectivity index (χ0v) is 10.3. The molecule has 1 aromatic carbocycles. The molecule has 0 amide bonds. The molecule has 1 heterocycles. The van der Waals surface area contributed by atoms with Crippen LogP contribution in [-0.2, 0) is 0 Å². The van der Waals surface area contributed by atoms with Crippen molar-refractivity contribution >= 4 is 40.5 Å². The van der Waals surface area contributed by atoms with Crippen LogP contribution in [0.4, 0.5) is 0 Å². The average molecular weight is 334 g/mol. The minimum absolute atomic E-state index is 0.282. The summed E-state index contributed by atoms with van der Waals surface area (Å²) in [7, 11) is 0. The summed E-state index contributed by atoms with van der Waals surface area (Å²) in [5, 5.41) is 8.03. The van der Waals surface area contributed by atoms with E-state index in [1.807, 2.05) is 18.2 Å². The Morgan fingerprint density at radius 2 is 2.27 bits per heavy atom. The molecule has 6 heteroatoms. The fourth-order valence-electron chi connectivity index (χ4n) is 1.12. The Balaban J connectivity index is 2.49. The summed E-state index contributed by atoms with van der Waals surface area (Å²) < 4.78 is 2.51. The molecule has 0 bridgehead atoms. The van der Waals surface area contributed by atoms with Gasteiger partial charge in [-0.05, 0) is 40.8 Å². The van der Waals surface area contributed by atoms with E-state index in [4.69, 9.17) is 11.6 Å². The molecule has 0 N–H and O–H groups in total. The highest BCUT2D eigenvalue weighted by atomic mass is 127. The van der Waals surface area contributed by atoms with E-state index in [2.05, 4.69) is 32.9 Å². The van der Waals surface area contributed by atoms with E-state index in [1.54, 1.807) is 0 Å². The van der Waals surface area contributed by atoms with E-state index in [0.29, 0.717) is 17.0 Å². The number of nitrogens with zero attached hydrogens (tertiary/aromatic N) is 3. The first-order valence-corrected chi connectivity index (χ1v) is 5.49. The van der Waals surface area contributed by atoms with E-state index in [-0.39, 0.29) is 5.69 Å². The van der Waals surface area contributed by atoms with E-state index in [1.165, 1.54) is 10.9 Å². The molecule has 0 aliphatic carbocycles. The highest BCUT2D eigenvalue weighted by molar-refractivity contribution is 14.1. The molecule has 0 aliphatic heterocycles. The van der Waals surface area contributed by atoms with Crippen molar-refractivity contribution in [3.8, 4) is 5.69 Å². The molecule has 2 aromatic rings. The predicted molar refractivity (Wildman–Crippen MR) is 64.5 cm³/mol. The van der Waals surface area contributed by atoms with E-state index < -0.39 is 0 Å². The molecule has 0 radical (unpaired) electrons. The first-order chi connectivity index (χ1) is 7.20. The predicted octanol–water partition coefficient (Wildman–Crippen LogP) is 2.34. The van der Waals surface area contributed by atoms with Crippen LogP contribution in [0.15, 0.2) is 24.4 Å². The average Bonchev–Trinajstić information content (AvgIpc) is 2.66. The van der Waals surface area contributed by atoms with Crippen LogP contribution in [0, 0.1) is 3.57 Å². The summed E-state index contributed by atoms with van der Waals surface area (Å²) in [6.07, 6.45) is 2.17. The van der Waals surface area contributed by atoms with Crippen LogP contribution in [0.2, 0.25) is 5.02 Å². The van der Waals surface area contributed by atoms with E-state index in [0.717, 1.165) is 3.57 Å². The van der Waals surface area contributed by atoms with E-state index in [9.17, 15) is 4.79 Å². The zero-order valence-electron chi connectivity index (χ0n) is 7.39. The van der Waals surface area contributed by atoms with Crippen molar-refractivity contribution in [1.29, 1.82) is 0 Å². The SMILES string of the molecule is O=Cc1cn(-c2ccc(I)cc2Cl)nn1. The van der Waals surface area contributed by atoms with E-state index >= 15 is 0 Å². The monoisotopic (exact) mass is 333 g/mol. The van der Waals surface area contributed by atoms with Gasteiger partial charge in [-0.1, -0.05) is 16.8 Å². The van der Waals surface area contributed by atoms with Crippen molar-refractivity contribution < 1.29 is 4.79 Å². The smallest absolute Gasteiger partial charge is 0.171 e. The fraction of sp³-hybridized carbons (Fsp3) is 0. The van der Waals surface area contributed by atoms with Crippen molar-refractivity contribution in [2.24, 2.45) is 0 Å². The molecule has 0 fully saturated rings. The lowest BCUT2D eigenvalue weighted by molar-refractivity contribution is 0.111. The van der Waals surface area contributed by atoms with Gasteiger partial charge in [0.05, 0.1) is 16.9 Å². The lowest BCUT2D eigenvalue weighted by Crippen LogP contribution is -1.96. The van der Waals surface area contributed by atoms with Gasteiger partial charge in [0.2, 0.25) is 0 Å². The summed E-state index contributed by atoms with van der Waals surface area (Å²) in [5.74, 6) is 0. The zero-order chi connectivity index (χ0) is 10.8. The maximum absolute atomic E-state index is 10.4. The van der Waals surface area contributed by atoms with Crippen LogP contribution in [0.5, 0.6) is 0 Å². The molecule has 15 heavy (non-hydrogen) atoms. The Bertz CT molecular complexity index is 512. The van der Waals surface area contributed by atoms with Gasteiger partial charge in [-0.3, -0.25) is 4.79 Å². The van der Waals surface area contributed by atoms with Crippen molar-refractivity contribution in [2.45, 2.75) is 0 Å². The molecule has 0 aliphatic rings. The van der Waals surface area contributed by atoms with Gasteiger partial charge in [-0.2, -0.15) is 0 Å². The molecule has 1 aromatic heterocycles. The second-order valence-corrected chi connectivity index (χ2v) is 4.45. The van der Waals surface area contributed by atoms with Crippen LogP contribution in [0.1, 0.15) is 10.5 Å². The second-order valence-electron chi connectivity index (χ2n) is 2.80. The Kier molecular flexibility index (Phi) is 3.01. The number of rotatable bonds is 2. The number of carbonyl (C=O) groups excluding carboxylic acids is 1. The maximum atomic E-state index is 10.4. The Hall–Kier alpha value is -0.950. The number of aromatic nitrogens is 3. The highest BCUT2D eigenvalue weighted by Gasteiger charge is 2.06.